The van der Waals surface area contributed by atoms with Gasteiger partial charge in [-0.25, -0.2) is 4.79 Å². The number of carbonyl (C=O) groups excluding carboxylic acids is 1. The Bertz CT molecular complexity index is 926. The van der Waals surface area contributed by atoms with Gasteiger partial charge in [0.2, 0.25) is 0 Å². The molecule has 0 aliphatic heterocycles. The fourth-order valence-electron chi connectivity index (χ4n) is 4.58. The van der Waals surface area contributed by atoms with E-state index < -0.39 is 11.0 Å². The number of nitrogens with zero attached hydrogens (tertiary/aromatic N) is 1. The van der Waals surface area contributed by atoms with Crippen molar-refractivity contribution < 1.29 is 14.5 Å². The molecule has 1 N–H and O–H groups in total. The van der Waals surface area contributed by atoms with E-state index in [1.165, 1.54) is 6.07 Å². The Morgan fingerprint density at radius 2 is 1.84 bits per heavy atom. The quantitative estimate of drug-likeness (QED) is 0.314. The van der Waals surface area contributed by atoms with Gasteiger partial charge >= 0.3 is 5.97 Å². The van der Waals surface area contributed by atoms with E-state index in [1.54, 1.807) is 18.2 Å². The lowest BCUT2D eigenvalue weighted by Gasteiger charge is -2.37. The number of hydrogen-bond acceptors (Lipinski definition) is 5. The number of carbonyl (C=O) groups is 1. The van der Waals surface area contributed by atoms with E-state index in [-0.39, 0.29) is 17.8 Å². The van der Waals surface area contributed by atoms with Gasteiger partial charge in [0.15, 0.2) is 0 Å². The smallest absolute Gasteiger partial charge is 0.329 e. The van der Waals surface area contributed by atoms with Gasteiger partial charge in [-0.05, 0) is 49.1 Å². The zero-order valence-corrected chi connectivity index (χ0v) is 19.4. The average Bonchev–Trinajstić information content (AvgIpc) is 2.74. The Kier molecular flexibility index (Phi) is 7.89. The third kappa shape index (κ3) is 6.09. The van der Waals surface area contributed by atoms with Crippen LogP contribution in [0.25, 0.3) is 0 Å². The molecule has 1 aliphatic rings. The molecule has 6 nitrogen and oxygen atoms in total. The molecule has 32 heavy (non-hydrogen) atoms. The van der Waals surface area contributed by atoms with Crippen molar-refractivity contribution in [2.75, 3.05) is 5.32 Å². The molecule has 2 aromatic rings. The van der Waals surface area contributed by atoms with Crippen molar-refractivity contribution in [3.05, 3.63) is 69.8 Å². The number of benzene rings is 2. The van der Waals surface area contributed by atoms with Crippen molar-refractivity contribution >= 4 is 17.3 Å². The maximum absolute atomic E-state index is 13.4. The Morgan fingerprint density at radius 3 is 2.50 bits per heavy atom. The van der Waals surface area contributed by atoms with E-state index in [0.717, 1.165) is 30.4 Å². The third-order valence-corrected chi connectivity index (χ3v) is 6.50. The number of para-hydroxylation sites is 2. The summed E-state index contributed by atoms with van der Waals surface area (Å²) in [5, 5.41) is 14.6. The lowest BCUT2D eigenvalue weighted by atomic mass is 9.75. The third-order valence-electron chi connectivity index (χ3n) is 6.50. The molecule has 0 heterocycles. The van der Waals surface area contributed by atoms with Crippen LogP contribution >= 0.6 is 0 Å². The minimum absolute atomic E-state index is 0.0550. The van der Waals surface area contributed by atoms with E-state index in [0.29, 0.717) is 29.9 Å². The van der Waals surface area contributed by atoms with Crippen molar-refractivity contribution in [3.8, 4) is 0 Å². The molecule has 0 saturated heterocycles. The highest BCUT2D eigenvalue weighted by molar-refractivity contribution is 5.81. The van der Waals surface area contributed by atoms with Crippen molar-refractivity contribution in [1.82, 2.24) is 0 Å². The van der Waals surface area contributed by atoms with Crippen molar-refractivity contribution in [2.45, 2.75) is 65.5 Å². The number of hydrogen-bond donors (Lipinski definition) is 1. The summed E-state index contributed by atoms with van der Waals surface area (Å²) < 4.78 is 6.10. The SMILES string of the molecule is Cc1ccc(CC(Nc2ccccc2[N+](=O)[O-])C(=O)OC2CC(C)CCC2C(C)C)cc1. The lowest BCUT2D eigenvalue weighted by Crippen LogP contribution is -2.41. The second-order valence-electron chi connectivity index (χ2n) is 9.46. The maximum atomic E-state index is 13.4. The fraction of sp³-hybridized carbons (Fsp3) is 0.500. The van der Waals surface area contributed by atoms with Crippen molar-refractivity contribution in [2.24, 2.45) is 17.8 Å². The van der Waals surface area contributed by atoms with Gasteiger partial charge in [0, 0.05) is 12.5 Å². The molecule has 0 aromatic heterocycles. The normalized spacial score (nSPS) is 21.7. The Morgan fingerprint density at radius 1 is 1.16 bits per heavy atom. The summed E-state index contributed by atoms with van der Waals surface area (Å²) >= 11 is 0. The zero-order valence-electron chi connectivity index (χ0n) is 19.4. The zero-order chi connectivity index (χ0) is 23.3. The van der Waals surface area contributed by atoms with E-state index in [4.69, 9.17) is 4.74 Å². The maximum Gasteiger partial charge on any atom is 0.329 e. The van der Waals surface area contributed by atoms with Crippen LogP contribution in [0.3, 0.4) is 0 Å². The summed E-state index contributed by atoms with van der Waals surface area (Å²) in [5.41, 5.74) is 2.38. The molecule has 1 saturated carbocycles. The molecule has 1 aliphatic carbocycles. The van der Waals surface area contributed by atoms with Crippen LogP contribution in [0.1, 0.15) is 51.2 Å². The topological polar surface area (TPSA) is 81.5 Å². The van der Waals surface area contributed by atoms with Gasteiger partial charge in [-0.3, -0.25) is 10.1 Å². The van der Waals surface area contributed by atoms with Crippen LogP contribution in [0.4, 0.5) is 11.4 Å². The lowest BCUT2D eigenvalue weighted by molar-refractivity contribution is -0.384. The van der Waals surface area contributed by atoms with E-state index in [2.05, 4.69) is 26.1 Å². The Hall–Kier alpha value is -2.89. The first-order valence-electron chi connectivity index (χ1n) is 11.5. The first-order chi connectivity index (χ1) is 15.2. The summed E-state index contributed by atoms with van der Waals surface area (Å²) in [6.07, 6.45) is 3.33. The van der Waals surface area contributed by atoms with Crippen LogP contribution < -0.4 is 5.32 Å². The van der Waals surface area contributed by atoms with Gasteiger partial charge < -0.3 is 10.1 Å². The molecular formula is C26H34N2O4. The largest absolute Gasteiger partial charge is 0.461 e. The molecular weight excluding hydrogens is 404 g/mol. The molecule has 0 bridgehead atoms. The monoisotopic (exact) mass is 438 g/mol. The van der Waals surface area contributed by atoms with Crippen molar-refractivity contribution in [3.63, 3.8) is 0 Å². The number of esters is 1. The number of anilines is 1. The van der Waals surface area contributed by atoms with Gasteiger partial charge in [0.05, 0.1) is 4.92 Å². The molecule has 4 atom stereocenters. The number of nitro benzene ring substituents is 1. The molecule has 3 rings (SSSR count). The van der Waals surface area contributed by atoms with Crippen LogP contribution in [0.15, 0.2) is 48.5 Å². The van der Waals surface area contributed by atoms with Gasteiger partial charge in [0.1, 0.15) is 17.8 Å². The molecule has 0 amide bonds. The minimum atomic E-state index is -0.719. The summed E-state index contributed by atoms with van der Waals surface area (Å²) in [7, 11) is 0. The molecule has 2 aromatic carbocycles. The molecule has 172 valence electrons. The molecule has 6 heteroatoms. The molecule has 4 unspecified atom stereocenters. The summed E-state index contributed by atoms with van der Waals surface area (Å²) in [6, 6.07) is 13.7. The van der Waals surface area contributed by atoms with Gasteiger partial charge in [0.25, 0.3) is 5.69 Å². The fourth-order valence-corrected chi connectivity index (χ4v) is 4.58. The van der Waals surface area contributed by atoms with Crippen LogP contribution in [0, 0.1) is 34.8 Å². The highest BCUT2D eigenvalue weighted by Crippen LogP contribution is 2.36. The Labute approximate surface area is 190 Å². The minimum Gasteiger partial charge on any atom is -0.461 e. The van der Waals surface area contributed by atoms with E-state index in [1.807, 2.05) is 31.2 Å². The molecule has 0 radical (unpaired) electrons. The Balaban J connectivity index is 1.84. The summed E-state index contributed by atoms with van der Waals surface area (Å²) in [5.74, 6) is 0.926. The number of nitrogens with one attached hydrogen (secondary N) is 1. The molecule has 1 fully saturated rings. The van der Waals surface area contributed by atoms with Gasteiger partial charge in [-0.15, -0.1) is 0 Å². The highest BCUT2D eigenvalue weighted by atomic mass is 16.6. The number of ether oxygens (including phenoxy) is 1. The predicted molar refractivity (Wildman–Crippen MR) is 127 cm³/mol. The first kappa shape index (κ1) is 23.8. The standard InChI is InChI=1S/C26H34N2O4/c1-17(2)21-14-11-19(4)15-25(21)32-26(29)23(16-20-12-9-18(3)10-13-20)27-22-7-5-6-8-24(22)28(30)31/h5-10,12-13,17,19,21,23,25,27H,11,14-16H2,1-4H3. The van der Waals surface area contributed by atoms with Crippen LogP contribution in [0.2, 0.25) is 0 Å². The number of aryl methyl sites for hydroxylation is 1. The van der Waals surface area contributed by atoms with Crippen LogP contribution in [-0.4, -0.2) is 23.0 Å². The second kappa shape index (κ2) is 10.6. The summed E-state index contributed by atoms with van der Waals surface area (Å²) in [4.78, 5) is 24.4. The predicted octanol–water partition coefficient (Wildman–Crippen LogP) is 5.93. The van der Waals surface area contributed by atoms with Crippen LogP contribution in [0.5, 0.6) is 0 Å². The van der Waals surface area contributed by atoms with E-state index >= 15 is 0 Å². The average molecular weight is 439 g/mol. The summed E-state index contributed by atoms with van der Waals surface area (Å²) in [6.45, 7) is 8.57. The number of rotatable bonds is 8. The molecule has 0 spiro atoms. The second-order valence-corrected chi connectivity index (χ2v) is 9.46. The first-order valence-corrected chi connectivity index (χ1v) is 11.5. The van der Waals surface area contributed by atoms with Gasteiger partial charge in [-0.2, -0.15) is 0 Å². The van der Waals surface area contributed by atoms with Crippen LogP contribution in [-0.2, 0) is 16.0 Å². The van der Waals surface area contributed by atoms with E-state index in [9.17, 15) is 14.9 Å². The highest BCUT2D eigenvalue weighted by Gasteiger charge is 2.35. The van der Waals surface area contributed by atoms with Crippen molar-refractivity contribution in [1.29, 1.82) is 0 Å². The number of nitro groups is 1. The van der Waals surface area contributed by atoms with Gasteiger partial charge in [-0.1, -0.05) is 69.2 Å².